The average Bonchev–Trinajstić information content (AvgIpc) is 3.08. The molecule has 1 aliphatic rings. The van der Waals surface area contributed by atoms with Crippen LogP contribution in [0.25, 0.3) is 10.9 Å². The number of aryl methyl sites for hydroxylation is 1. The minimum Gasteiger partial charge on any atom is -0.368 e. The van der Waals surface area contributed by atoms with Crippen LogP contribution in [0.3, 0.4) is 0 Å². The molecule has 0 saturated carbocycles. The van der Waals surface area contributed by atoms with E-state index in [9.17, 15) is 4.79 Å². The van der Waals surface area contributed by atoms with Crippen molar-refractivity contribution < 1.29 is 4.79 Å². The maximum Gasteiger partial charge on any atom is 0.275 e. The summed E-state index contributed by atoms with van der Waals surface area (Å²) in [5.74, 6) is 0.0121. The standard InChI is InChI=1S/C20H22N4O/c1-14-6-5-9-18(15(14)2)23-10-12-24(13-11-23)20(25)19-16-7-3-4-8-17(16)21-22-19/h3-9H,10-13H2,1-2H3,(H,21,22). The van der Waals surface area contributed by atoms with Crippen molar-refractivity contribution in [2.75, 3.05) is 31.1 Å². The molecule has 25 heavy (non-hydrogen) atoms. The number of hydrogen-bond acceptors (Lipinski definition) is 3. The van der Waals surface area contributed by atoms with Crippen molar-refractivity contribution in [3.63, 3.8) is 0 Å². The van der Waals surface area contributed by atoms with Crippen molar-refractivity contribution in [1.29, 1.82) is 0 Å². The van der Waals surface area contributed by atoms with E-state index in [1.807, 2.05) is 29.2 Å². The first-order valence-electron chi connectivity index (χ1n) is 8.68. The Kier molecular flexibility index (Phi) is 3.92. The van der Waals surface area contributed by atoms with Crippen LogP contribution in [0.5, 0.6) is 0 Å². The predicted octanol–water partition coefficient (Wildman–Crippen LogP) is 3.14. The maximum atomic E-state index is 12.9. The summed E-state index contributed by atoms with van der Waals surface area (Å²) >= 11 is 0. The molecule has 0 bridgehead atoms. The van der Waals surface area contributed by atoms with E-state index in [-0.39, 0.29) is 5.91 Å². The van der Waals surface area contributed by atoms with Crippen LogP contribution in [0.4, 0.5) is 5.69 Å². The lowest BCUT2D eigenvalue weighted by molar-refractivity contribution is 0.0742. The normalized spacial score (nSPS) is 15.0. The van der Waals surface area contributed by atoms with Gasteiger partial charge in [-0.3, -0.25) is 9.89 Å². The minimum absolute atomic E-state index is 0.0121. The summed E-state index contributed by atoms with van der Waals surface area (Å²) in [6.07, 6.45) is 0. The average molecular weight is 334 g/mol. The number of aromatic nitrogens is 2. The van der Waals surface area contributed by atoms with Crippen molar-refractivity contribution in [2.24, 2.45) is 0 Å². The summed E-state index contributed by atoms with van der Waals surface area (Å²) < 4.78 is 0. The van der Waals surface area contributed by atoms with Crippen LogP contribution in [-0.4, -0.2) is 47.2 Å². The van der Waals surface area contributed by atoms with E-state index in [2.05, 4.69) is 47.1 Å². The van der Waals surface area contributed by atoms with Crippen molar-refractivity contribution in [1.82, 2.24) is 15.1 Å². The van der Waals surface area contributed by atoms with Crippen LogP contribution >= 0.6 is 0 Å². The van der Waals surface area contributed by atoms with Crippen molar-refractivity contribution in [2.45, 2.75) is 13.8 Å². The number of para-hydroxylation sites is 1. The molecule has 2 aromatic carbocycles. The number of nitrogens with one attached hydrogen (secondary N) is 1. The van der Waals surface area contributed by atoms with Crippen LogP contribution in [-0.2, 0) is 0 Å². The van der Waals surface area contributed by atoms with E-state index in [1.54, 1.807) is 0 Å². The third-order valence-electron chi connectivity index (χ3n) is 5.16. The highest BCUT2D eigenvalue weighted by Crippen LogP contribution is 2.24. The number of rotatable bonds is 2. The Labute approximate surface area is 147 Å². The van der Waals surface area contributed by atoms with Gasteiger partial charge in [-0.25, -0.2) is 0 Å². The second-order valence-corrected chi connectivity index (χ2v) is 6.62. The molecule has 4 rings (SSSR count). The fraction of sp³-hybridized carbons (Fsp3) is 0.300. The quantitative estimate of drug-likeness (QED) is 0.783. The number of nitrogens with zero attached hydrogens (tertiary/aromatic N) is 3. The Bertz CT molecular complexity index is 922. The molecule has 1 N–H and O–H groups in total. The SMILES string of the molecule is Cc1cccc(N2CCN(C(=O)c3n[nH]c4ccccc34)CC2)c1C. The van der Waals surface area contributed by atoms with Crippen LogP contribution < -0.4 is 4.90 Å². The van der Waals surface area contributed by atoms with E-state index in [1.165, 1.54) is 16.8 Å². The van der Waals surface area contributed by atoms with Gasteiger partial charge in [-0.15, -0.1) is 0 Å². The second-order valence-electron chi connectivity index (χ2n) is 6.62. The van der Waals surface area contributed by atoms with Crippen molar-refractivity contribution in [3.05, 3.63) is 59.3 Å². The molecule has 0 atom stereocenters. The van der Waals surface area contributed by atoms with Gasteiger partial charge in [0, 0.05) is 37.3 Å². The second kappa shape index (κ2) is 6.24. The van der Waals surface area contributed by atoms with Gasteiger partial charge in [-0.05, 0) is 37.1 Å². The number of H-pyrrole nitrogens is 1. The molecule has 1 fully saturated rings. The largest absolute Gasteiger partial charge is 0.368 e. The highest BCUT2D eigenvalue weighted by Gasteiger charge is 2.25. The van der Waals surface area contributed by atoms with Gasteiger partial charge in [0.2, 0.25) is 0 Å². The number of aromatic amines is 1. The Hall–Kier alpha value is -2.82. The molecule has 5 nitrogen and oxygen atoms in total. The van der Waals surface area contributed by atoms with Crippen LogP contribution in [0.15, 0.2) is 42.5 Å². The van der Waals surface area contributed by atoms with Crippen LogP contribution in [0.1, 0.15) is 21.6 Å². The number of carbonyl (C=O) groups is 1. The van der Waals surface area contributed by atoms with E-state index in [4.69, 9.17) is 0 Å². The Morgan fingerprint density at radius 2 is 1.76 bits per heavy atom. The number of fused-ring (bicyclic) bond motifs is 1. The maximum absolute atomic E-state index is 12.9. The highest BCUT2D eigenvalue weighted by molar-refractivity contribution is 6.04. The summed E-state index contributed by atoms with van der Waals surface area (Å²) in [5.41, 5.74) is 5.33. The van der Waals surface area contributed by atoms with Crippen molar-refractivity contribution >= 4 is 22.5 Å². The summed E-state index contributed by atoms with van der Waals surface area (Å²) in [6.45, 7) is 7.43. The van der Waals surface area contributed by atoms with E-state index in [0.29, 0.717) is 18.8 Å². The van der Waals surface area contributed by atoms with Gasteiger partial charge in [0.25, 0.3) is 5.91 Å². The molecule has 2 heterocycles. The zero-order valence-electron chi connectivity index (χ0n) is 14.6. The molecule has 0 radical (unpaired) electrons. The van der Waals surface area contributed by atoms with E-state index < -0.39 is 0 Å². The number of carbonyl (C=O) groups excluding carboxylic acids is 1. The molecule has 3 aromatic rings. The summed E-state index contributed by atoms with van der Waals surface area (Å²) in [4.78, 5) is 17.1. The molecule has 1 saturated heterocycles. The molecule has 1 aliphatic heterocycles. The molecule has 128 valence electrons. The number of anilines is 1. The van der Waals surface area contributed by atoms with Crippen molar-refractivity contribution in [3.8, 4) is 0 Å². The van der Waals surface area contributed by atoms with Gasteiger partial charge in [-0.1, -0.05) is 30.3 Å². The van der Waals surface area contributed by atoms with Gasteiger partial charge in [0.15, 0.2) is 5.69 Å². The topological polar surface area (TPSA) is 52.2 Å². The fourth-order valence-electron chi connectivity index (χ4n) is 3.50. The van der Waals surface area contributed by atoms with Gasteiger partial charge in [-0.2, -0.15) is 5.10 Å². The van der Waals surface area contributed by atoms with Gasteiger partial charge in [0.1, 0.15) is 0 Å². The first-order chi connectivity index (χ1) is 12.1. The monoisotopic (exact) mass is 334 g/mol. The van der Waals surface area contributed by atoms with Gasteiger partial charge < -0.3 is 9.80 Å². The number of piperazine rings is 1. The number of amides is 1. The lowest BCUT2D eigenvalue weighted by atomic mass is 10.1. The summed E-state index contributed by atoms with van der Waals surface area (Å²) in [7, 11) is 0. The van der Waals surface area contributed by atoms with E-state index >= 15 is 0 Å². The zero-order valence-corrected chi connectivity index (χ0v) is 14.6. The predicted molar refractivity (Wildman–Crippen MR) is 100 cm³/mol. The third-order valence-corrected chi connectivity index (χ3v) is 5.16. The molecule has 5 heteroatoms. The first kappa shape index (κ1) is 15.7. The summed E-state index contributed by atoms with van der Waals surface area (Å²) in [5, 5.41) is 8.09. The van der Waals surface area contributed by atoms with Gasteiger partial charge >= 0.3 is 0 Å². The molecule has 0 aliphatic carbocycles. The Morgan fingerprint density at radius 1 is 1.00 bits per heavy atom. The molecule has 0 spiro atoms. The third kappa shape index (κ3) is 2.76. The summed E-state index contributed by atoms with van der Waals surface area (Å²) in [6, 6.07) is 14.2. The lowest BCUT2D eigenvalue weighted by Gasteiger charge is -2.36. The Balaban J connectivity index is 1.50. The zero-order chi connectivity index (χ0) is 17.4. The molecular weight excluding hydrogens is 312 g/mol. The molecular formula is C20H22N4O. The van der Waals surface area contributed by atoms with Gasteiger partial charge in [0.05, 0.1) is 5.52 Å². The molecule has 1 aromatic heterocycles. The minimum atomic E-state index is 0.0121. The smallest absolute Gasteiger partial charge is 0.275 e. The first-order valence-corrected chi connectivity index (χ1v) is 8.68. The molecule has 0 unspecified atom stereocenters. The fourth-order valence-corrected chi connectivity index (χ4v) is 3.50. The highest BCUT2D eigenvalue weighted by atomic mass is 16.2. The van der Waals surface area contributed by atoms with E-state index in [0.717, 1.165) is 24.0 Å². The van der Waals surface area contributed by atoms with Crippen LogP contribution in [0, 0.1) is 13.8 Å². The van der Waals surface area contributed by atoms with Crippen LogP contribution in [0.2, 0.25) is 0 Å². The molecule has 1 amide bonds. The number of benzene rings is 2. The lowest BCUT2D eigenvalue weighted by Crippen LogP contribution is -2.49. The number of hydrogen-bond donors (Lipinski definition) is 1. The Morgan fingerprint density at radius 3 is 2.56 bits per heavy atom.